The van der Waals surface area contributed by atoms with Crippen molar-refractivity contribution in [3.63, 3.8) is 0 Å². The van der Waals surface area contributed by atoms with Crippen molar-refractivity contribution < 1.29 is 31.1 Å². The van der Waals surface area contributed by atoms with Gasteiger partial charge in [0.15, 0.2) is 5.82 Å². The number of alkyl halides is 3. The Balaban J connectivity index is 1.31. The molecule has 3 aromatic rings. The zero-order chi connectivity index (χ0) is 30.8. The predicted molar refractivity (Wildman–Crippen MR) is 150 cm³/mol. The van der Waals surface area contributed by atoms with Crippen LogP contribution in [-0.4, -0.2) is 63.7 Å². The number of anilines is 1. The highest BCUT2D eigenvalue weighted by Gasteiger charge is 2.62. The fraction of sp³-hybridized carbons (Fsp3) is 0.571. The molecule has 232 valence electrons. The van der Waals surface area contributed by atoms with E-state index in [1.165, 1.54) is 23.0 Å². The lowest BCUT2D eigenvalue weighted by Crippen LogP contribution is -2.41. The Kier molecular flexibility index (Phi) is 7.01. The van der Waals surface area contributed by atoms with Crippen molar-refractivity contribution in [1.29, 1.82) is 0 Å². The highest BCUT2D eigenvalue weighted by atomic mass is 32.2. The molecule has 1 saturated heterocycles. The van der Waals surface area contributed by atoms with Gasteiger partial charge < -0.3 is 9.64 Å². The van der Waals surface area contributed by atoms with Crippen LogP contribution in [0.2, 0.25) is 0 Å². The van der Waals surface area contributed by atoms with Gasteiger partial charge in [0, 0.05) is 30.9 Å². The van der Waals surface area contributed by atoms with Crippen molar-refractivity contribution in [2.24, 2.45) is 11.3 Å². The number of nitrogens with zero attached hydrogens (tertiary/aromatic N) is 6. The monoisotopic (exact) mass is 621 g/mol. The average Bonchev–Trinajstić information content (AvgIpc) is 3.25. The SMILES string of the molecule is Cc1c2cnn1CCC[C@@H]1CN(c3nc(-n4ccc(OCCC5(C(F)(F)F)CC5)n4)ccc3C(=O)NS2(=O)=O)C(C)(C)C1. The number of fused-ring (bicyclic) bond motifs is 6. The molecule has 1 aliphatic carbocycles. The fourth-order valence-corrected chi connectivity index (χ4v) is 7.42. The summed E-state index contributed by atoms with van der Waals surface area (Å²) in [5.41, 5.74) is -1.49. The van der Waals surface area contributed by atoms with Gasteiger partial charge in [-0.2, -0.15) is 18.3 Å². The summed E-state index contributed by atoms with van der Waals surface area (Å²) in [7, 11) is -4.21. The second-order valence-corrected chi connectivity index (χ2v) is 14.1. The van der Waals surface area contributed by atoms with E-state index in [9.17, 15) is 26.4 Å². The number of nitrogens with one attached hydrogen (secondary N) is 1. The number of carbonyl (C=O) groups is 1. The maximum absolute atomic E-state index is 13.5. The predicted octanol–water partition coefficient (Wildman–Crippen LogP) is 4.40. The van der Waals surface area contributed by atoms with E-state index in [-0.39, 0.29) is 47.7 Å². The zero-order valence-electron chi connectivity index (χ0n) is 24.2. The van der Waals surface area contributed by atoms with Gasteiger partial charge in [-0.05, 0) is 77.3 Å². The van der Waals surface area contributed by atoms with E-state index < -0.39 is 27.5 Å². The van der Waals surface area contributed by atoms with Crippen LogP contribution < -0.4 is 14.4 Å². The third-order valence-corrected chi connectivity index (χ3v) is 10.4. The molecule has 4 bridgehead atoms. The summed E-state index contributed by atoms with van der Waals surface area (Å²) in [6.45, 7) is 6.86. The number of aryl methyl sites for hydroxylation is 1. The Morgan fingerprint density at radius 3 is 2.67 bits per heavy atom. The molecule has 0 aromatic carbocycles. The number of pyridine rings is 1. The molecule has 2 fully saturated rings. The van der Waals surface area contributed by atoms with E-state index in [0.717, 1.165) is 19.3 Å². The van der Waals surface area contributed by atoms with Crippen LogP contribution in [-0.2, 0) is 16.6 Å². The summed E-state index contributed by atoms with van der Waals surface area (Å²) < 4.78 is 77.0. The number of halogens is 3. The summed E-state index contributed by atoms with van der Waals surface area (Å²) in [6.07, 6.45) is 1.22. The van der Waals surface area contributed by atoms with Crippen LogP contribution in [0.15, 0.2) is 35.5 Å². The third kappa shape index (κ3) is 5.47. The van der Waals surface area contributed by atoms with Gasteiger partial charge in [-0.25, -0.2) is 22.8 Å². The minimum absolute atomic E-state index is 0.0560. The molecule has 0 spiro atoms. The number of carbonyl (C=O) groups excluding carboxylic acids is 1. The van der Waals surface area contributed by atoms with Gasteiger partial charge in [0.05, 0.1) is 29.5 Å². The van der Waals surface area contributed by atoms with Crippen LogP contribution in [0.5, 0.6) is 5.88 Å². The molecule has 15 heteroatoms. The Morgan fingerprint density at radius 2 is 1.95 bits per heavy atom. The van der Waals surface area contributed by atoms with Gasteiger partial charge in [-0.15, -0.1) is 5.10 Å². The van der Waals surface area contributed by atoms with Crippen molar-refractivity contribution in [3.05, 3.63) is 41.9 Å². The van der Waals surface area contributed by atoms with Gasteiger partial charge >= 0.3 is 6.18 Å². The molecular weight excluding hydrogens is 587 g/mol. The summed E-state index contributed by atoms with van der Waals surface area (Å²) in [5, 5.41) is 8.59. The van der Waals surface area contributed by atoms with Crippen molar-refractivity contribution >= 4 is 21.7 Å². The first-order valence-corrected chi connectivity index (χ1v) is 15.8. The van der Waals surface area contributed by atoms with E-state index in [1.54, 1.807) is 23.9 Å². The maximum Gasteiger partial charge on any atom is 0.394 e. The third-order valence-electron chi connectivity index (χ3n) is 8.96. The second-order valence-electron chi connectivity index (χ2n) is 12.4. The second kappa shape index (κ2) is 10.2. The topological polar surface area (TPSA) is 124 Å². The summed E-state index contributed by atoms with van der Waals surface area (Å²) >= 11 is 0. The summed E-state index contributed by atoms with van der Waals surface area (Å²) in [5.74, 6) is 0.313. The molecule has 1 N–H and O–H groups in total. The molecule has 43 heavy (non-hydrogen) atoms. The van der Waals surface area contributed by atoms with Gasteiger partial charge in [-0.1, -0.05) is 0 Å². The fourth-order valence-electron chi connectivity index (χ4n) is 6.27. The number of aromatic nitrogens is 5. The standard InChI is InChI=1S/C28H34F3N7O4S/c1-18-21-16-32-37(18)12-4-5-19-15-26(2,3)36(17-19)24-20(25(39)35-43(21,40)41)6-7-22(33-24)38-13-8-23(34-38)42-14-11-27(9-10-27)28(29,30)31/h6-8,13,16,19H,4-5,9-12,14-15,17H2,1-3H3,(H,35,39)/t19-/m0/s1. The van der Waals surface area contributed by atoms with Crippen molar-refractivity contribution in [1.82, 2.24) is 29.3 Å². The van der Waals surface area contributed by atoms with Crippen molar-refractivity contribution in [2.45, 2.75) is 82.5 Å². The van der Waals surface area contributed by atoms with Crippen molar-refractivity contribution in [3.8, 4) is 11.7 Å². The molecule has 1 atom stereocenters. The van der Waals surface area contributed by atoms with Crippen molar-refractivity contribution in [2.75, 3.05) is 18.1 Å². The van der Waals surface area contributed by atoms with Crippen LogP contribution in [0.4, 0.5) is 19.0 Å². The molecule has 2 aliphatic heterocycles. The molecule has 1 amide bonds. The Morgan fingerprint density at radius 1 is 1.19 bits per heavy atom. The number of rotatable bonds is 5. The van der Waals surface area contributed by atoms with E-state index in [1.807, 2.05) is 4.90 Å². The lowest BCUT2D eigenvalue weighted by Gasteiger charge is -2.34. The van der Waals surface area contributed by atoms with Gasteiger partial charge in [0.2, 0.25) is 5.88 Å². The Labute approximate surface area is 247 Å². The maximum atomic E-state index is 13.5. The molecule has 6 rings (SSSR count). The van der Waals surface area contributed by atoms with Crippen LogP contribution in [0.25, 0.3) is 5.82 Å². The average molecular weight is 622 g/mol. The highest BCUT2D eigenvalue weighted by molar-refractivity contribution is 7.90. The minimum atomic E-state index is -4.25. The van der Waals surface area contributed by atoms with E-state index >= 15 is 0 Å². The first-order valence-electron chi connectivity index (χ1n) is 14.3. The lowest BCUT2D eigenvalue weighted by molar-refractivity contribution is -0.190. The molecule has 1 saturated carbocycles. The van der Waals surface area contributed by atoms with Crippen LogP contribution in [0.1, 0.15) is 68.4 Å². The first-order chi connectivity index (χ1) is 20.2. The van der Waals surface area contributed by atoms with Gasteiger partial charge in [0.1, 0.15) is 10.7 Å². The molecule has 11 nitrogen and oxygen atoms in total. The summed E-state index contributed by atoms with van der Waals surface area (Å²) in [6, 6.07) is 4.59. The van der Waals surface area contributed by atoms with Crippen LogP contribution >= 0.6 is 0 Å². The van der Waals surface area contributed by atoms with E-state index in [2.05, 4.69) is 28.8 Å². The van der Waals surface area contributed by atoms with Crippen LogP contribution in [0.3, 0.4) is 0 Å². The van der Waals surface area contributed by atoms with E-state index in [4.69, 9.17) is 9.72 Å². The number of hydrogen-bond donors (Lipinski definition) is 1. The molecule has 3 aliphatic rings. The zero-order valence-corrected chi connectivity index (χ0v) is 25.0. The molecule has 0 radical (unpaired) electrons. The molecule has 5 heterocycles. The molecule has 3 aromatic heterocycles. The highest BCUT2D eigenvalue weighted by Crippen LogP contribution is 2.59. The van der Waals surface area contributed by atoms with Crippen LogP contribution in [0, 0.1) is 18.3 Å². The lowest BCUT2D eigenvalue weighted by atomic mass is 9.93. The molecule has 0 unspecified atom stereocenters. The quantitative estimate of drug-likeness (QED) is 0.445. The Hall–Kier alpha value is -3.62. The summed E-state index contributed by atoms with van der Waals surface area (Å²) in [4.78, 5) is 20.3. The largest absolute Gasteiger partial charge is 0.477 e. The number of ether oxygens (including phenoxy) is 1. The smallest absolute Gasteiger partial charge is 0.394 e. The number of hydrogen-bond acceptors (Lipinski definition) is 8. The normalized spacial score (nSPS) is 22.4. The number of amides is 1. The van der Waals surface area contributed by atoms with E-state index in [0.29, 0.717) is 36.3 Å². The number of sulfonamides is 1. The van der Waals surface area contributed by atoms with Gasteiger partial charge in [0.25, 0.3) is 15.9 Å². The minimum Gasteiger partial charge on any atom is -0.477 e. The Bertz CT molecular complexity index is 1660. The van der Waals surface area contributed by atoms with Gasteiger partial charge in [-0.3, -0.25) is 9.48 Å². The molecular formula is C28H34F3N7O4S. The first kappa shape index (κ1) is 29.5.